The van der Waals surface area contributed by atoms with Crippen LogP contribution in [0.2, 0.25) is 0 Å². The van der Waals surface area contributed by atoms with Crippen molar-refractivity contribution in [2.75, 3.05) is 13.2 Å². The fraction of sp³-hybridized carbons (Fsp3) is 1.00. The zero-order valence-electron chi connectivity index (χ0n) is 8.48. The zero-order valence-corrected chi connectivity index (χ0v) is 8.48. The van der Waals surface area contributed by atoms with Crippen LogP contribution in [0.3, 0.4) is 0 Å². The van der Waals surface area contributed by atoms with Crippen molar-refractivity contribution in [3.05, 3.63) is 0 Å². The van der Waals surface area contributed by atoms with Gasteiger partial charge in [-0.1, -0.05) is 27.7 Å². The zero-order chi connectivity index (χ0) is 8.98. The molecule has 2 fully saturated rings. The average molecular weight is 169 g/mol. The summed E-state index contributed by atoms with van der Waals surface area (Å²) in [4.78, 5) is 0. The first kappa shape index (κ1) is 8.52. The van der Waals surface area contributed by atoms with Gasteiger partial charge in [0.2, 0.25) is 0 Å². The molecule has 1 heterocycles. The number of ether oxygens (including phenoxy) is 1. The van der Waals surface area contributed by atoms with E-state index < -0.39 is 0 Å². The summed E-state index contributed by atoms with van der Waals surface area (Å²) in [5, 5.41) is 3.65. The molecule has 1 aliphatic carbocycles. The molecule has 2 rings (SSSR count). The predicted molar refractivity (Wildman–Crippen MR) is 49.1 cm³/mol. The Hall–Kier alpha value is -0.0800. The van der Waals surface area contributed by atoms with Crippen LogP contribution >= 0.6 is 0 Å². The van der Waals surface area contributed by atoms with Crippen LogP contribution in [0.15, 0.2) is 0 Å². The Morgan fingerprint density at radius 3 is 1.83 bits per heavy atom. The van der Waals surface area contributed by atoms with E-state index in [0.717, 1.165) is 13.2 Å². The van der Waals surface area contributed by atoms with Gasteiger partial charge in [0.05, 0.1) is 19.3 Å². The maximum absolute atomic E-state index is 5.14. The van der Waals surface area contributed by atoms with Gasteiger partial charge in [-0.2, -0.15) is 0 Å². The standard InChI is InChI=1S/C10H19NO/c1-9(2)8(10(9,3)4)11-7-5-12-6-7/h7-8,11H,5-6H2,1-4H3. The van der Waals surface area contributed by atoms with Crippen LogP contribution in [-0.4, -0.2) is 25.3 Å². The van der Waals surface area contributed by atoms with Crippen LogP contribution < -0.4 is 5.32 Å². The van der Waals surface area contributed by atoms with E-state index in [1.807, 2.05) is 0 Å². The topological polar surface area (TPSA) is 21.3 Å². The molecule has 0 spiro atoms. The molecular weight excluding hydrogens is 150 g/mol. The molecule has 0 aromatic heterocycles. The van der Waals surface area contributed by atoms with Crippen LogP contribution in [0.25, 0.3) is 0 Å². The normalized spacial score (nSPS) is 33.0. The molecule has 0 aromatic carbocycles. The third-order valence-electron chi connectivity index (χ3n) is 4.06. The Kier molecular flexibility index (Phi) is 1.59. The summed E-state index contributed by atoms with van der Waals surface area (Å²) in [6.45, 7) is 11.2. The van der Waals surface area contributed by atoms with E-state index in [4.69, 9.17) is 4.74 Å². The summed E-state index contributed by atoms with van der Waals surface area (Å²) >= 11 is 0. The molecule has 0 radical (unpaired) electrons. The SMILES string of the molecule is CC1(C)C(NC2COC2)C1(C)C. The van der Waals surface area contributed by atoms with Gasteiger partial charge in [-0.05, 0) is 10.8 Å². The highest BCUT2D eigenvalue weighted by molar-refractivity contribution is 5.18. The van der Waals surface area contributed by atoms with Gasteiger partial charge in [0.25, 0.3) is 0 Å². The molecule has 1 saturated carbocycles. The largest absolute Gasteiger partial charge is 0.378 e. The molecular formula is C10H19NO. The average Bonchev–Trinajstić information content (AvgIpc) is 2.18. The molecule has 12 heavy (non-hydrogen) atoms. The third-order valence-corrected chi connectivity index (χ3v) is 4.06. The first-order valence-corrected chi connectivity index (χ1v) is 4.80. The number of rotatable bonds is 2. The van der Waals surface area contributed by atoms with Crippen LogP contribution in [0.5, 0.6) is 0 Å². The lowest BCUT2D eigenvalue weighted by molar-refractivity contribution is -0.00777. The maximum Gasteiger partial charge on any atom is 0.0643 e. The first-order valence-electron chi connectivity index (χ1n) is 4.80. The molecule has 1 aliphatic heterocycles. The summed E-state index contributed by atoms with van der Waals surface area (Å²) in [6.07, 6.45) is 0. The molecule has 1 saturated heterocycles. The summed E-state index contributed by atoms with van der Waals surface area (Å²) in [7, 11) is 0. The van der Waals surface area contributed by atoms with Crippen molar-refractivity contribution in [1.29, 1.82) is 0 Å². The van der Waals surface area contributed by atoms with Gasteiger partial charge in [-0.3, -0.25) is 0 Å². The lowest BCUT2D eigenvalue weighted by Crippen LogP contribution is -2.48. The summed E-state index contributed by atoms with van der Waals surface area (Å²) < 4.78 is 5.14. The van der Waals surface area contributed by atoms with Crippen molar-refractivity contribution in [3.63, 3.8) is 0 Å². The van der Waals surface area contributed by atoms with Crippen molar-refractivity contribution in [3.8, 4) is 0 Å². The Bertz CT molecular complexity index is 180. The highest BCUT2D eigenvalue weighted by atomic mass is 16.5. The maximum atomic E-state index is 5.14. The van der Waals surface area contributed by atoms with E-state index in [0.29, 0.717) is 22.9 Å². The van der Waals surface area contributed by atoms with E-state index in [-0.39, 0.29) is 0 Å². The predicted octanol–water partition coefficient (Wildman–Crippen LogP) is 1.41. The smallest absolute Gasteiger partial charge is 0.0643 e. The van der Waals surface area contributed by atoms with E-state index in [1.165, 1.54) is 0 Å². The van der Waals surface area contributed by atoms with Crippen LogP contribution in [-0.2, 0) is 4.74 Å². The van der Waals surface area contributed by atoms with Gasteiger partial charge in [-0.15, -0.1) is 0 Å². The van der Waals surface area contributed by atoms with E-state index in [2.05, 4.69) is 33.0 Å². The Morgan fingerprint density at radius 2 is 1.58 bits per heavy atom. The van der Waals surface area contributed by atoms with Gasteiger partial charge >= 0.3 is 0 Å². The molecule has 0 bridgehead atoms. The second-order valence-electron chi connectivity index (χ2n) is 5.28. The molecule has 0 unspecified atom stereocenters. The monoisotopic (exact) mass is 169 g/mol. The third kappa shape index (κ3) is 0.944. The van der Waals surface area contributed by atoms with E-state index >= 15 is 0 Å². The highest BCUT2D eigenvalue weighted by Gasteiger charge is 2.65. The quantitative estimate of drug-likeness (QED) is 0.675. The van der Waals surface area contributed by atoms with Crippen LogP contribution in [0.1, 0.15) is 27.7 Å². The van der Waals surface area contributed by atoms with Gasteiger partial charge in [-0.25, -0.2) is 0 Å². The molecule has 1 N–H and O–H groups in total. The van der Waals surface area contributed by atoms with E-state index in [9.17, 15) is 0 Å². The molecule has 2 nitrogen and oxygen atoms in total. The lowest BCUT2D eigenvalue weighted by Gasteiger charge is -2.28. The van der Waals surface area contributed by atoms with Crippen molar-refractivity contribution >= 4 is 0 Å². The second kappa shape index (κ2) is 2.24. The number of nitrogens with one attached hydrogen (secondary N) is 1. The summed E-state index contributed by atoms with van der Waals surface area (Å²) in [5.74, 6) is 0. The minimum atomic E-state index is 0.461. The Labute approximate surface area is 74.7 Å². The molecule has 2 heteroatoms. The van der Waals surface area contributed by atoms with Gasteiger partial charge in [0.15, 0.2) is 0 Å². The summed E-state index contributed by atoms with van der Waals surface area (Å²) in [5.41, 5.74) is 0.922. The Morgan fingerprint density at radius 1 is 1.08 bits per heavy atom. The van der Waals surface area contributed by atoms with Crippen molar-refractivity contribution in [2.24, 2.45) is 10.8 Å². The van der Waals surface area contributed by atoms with Crippen LogP contribution in [0, 0.1) is 10.8 Å². The number of hydrogen-bond donors (Lipinski definition) is 1. The van der Waals surface area contributed by atoms with Crippen LogP contribution in [0.4, 0.5) is 0 Å². The summed E-state index contributed by atoms with van der Waals surface area (Å²) in [6, 6.07) is 1.30. The van der Waals surface area contributed by atoms with Crippen molar-refractivity contribution in [1.82, 2.24) is 5.32 Å². The fourth-order valence-corrected chi connectivity index (χ4v) is 2.18. The first-order chi connectivity index (χ1) is 5.46. The molecule has 2 aliphatic rings. The molecule has 0 atom stereocenters. The lowest BCUT2D eigenvalue weighted by atomic mass is 10.0. The second-order valence-corrected chi connectivity index (χ2v) is 5.28. The Balaban J connectivity index is 1.91. The number of hydrogen-bond acceptors (Lipinski definition) is 2. The van der Waals surface area contributed by atoms with Gasteiger partial charge < -0.3 is 10.1 Å². The molecule has 0 aromatic rings. The minimum Gasteiger partial charge on any atom is -0.378 e. The van der Waals surface area contributed by atoms with Gasteiger partial charge in [0, 0.05) is 6.04 Å². The van der Waals surface area contributed by atoms with Gasteiger partial charge in [0.1, 0.15) is 0 Å². The highest BCUT2D eigenvalue weighted by Crippen LogP contribution is 2.62. The van der Waals surface area contributed by atoms with Crippen molar-refractivity contribution < 1.29 is 4.74 Å². The minimum absolute atomic E-state index is 0.461. The fourth-order valence-electron chi connectivity index (χ4n) is 2.18. The molecule has 70 valence electrons. The molecule has 0 amide bonds. The van der Waals surface area contributed by atoms with Crippen molar-refractivity contribution in [2.45, 2.75) is 39.8 Å². The van der Waals surface area contributed by atoms with E-state index in [1.54, 1.807) is 0 Å².